The van der Waals surface area contributed by atoms with E-state index in [9.17, 15) is 13.2 Å². The number of hydrogen-bond acceptors (Lipinski definition) is 5. The lowest BCUT2D eigenvalue weighted by Crippen LogP contribution is -2.35. The summed E-state index contributed by atoms with van der Waals surface area (Å²) in [5.41, 5.74) is 2.17. The zero-order valence-electron chi connectivity index (χ0n) is 13.4. The largest absolute Gasteiger partial charge is 0.466 e. The van der Waals surface area contributed by atoms with Gasteiger partial charge in [0.2, 0.25) is 10.0 Å². The van der Waals surface area contributed by atoms with E-state index in [4.69, 9.17) is 4.42 Å². The Morgan fingerprint density at radius 1 is 1.21 bits per heavy atom. The maximum atomic E-state index is 12.9. The van der Waals surface area contributed by atoms with Crippen LogP contribution >= 0.6 is 0 Å². The highest BCUT2D eigenvalue weighted by atomic mass is 32.2. The molecule has 0 N–H and O–H groups in total. The fourth-order valence-corrected chi connectivity index (χ4v) is 3.99. The van der Waals surface area contributed by atoms with Gasteiger partial charge in [0.05, 0.1) is 18.3 Å². The number of nitrogens with zero attached hydrogens (tertiary/aromatic N) is 1. The van der Waals surface area contributed by atoms with E-state index in [1.54, 1.807) is 30.3 Å². The number of furan rings is 1. The first-order chi connectivity index (χ1) is 11.4. The molecular weight excluding hydrogens is 330 g/mol. The third kappa shape index (κ3) is 3.00. The van der Waals surface area contributed by atoms with E-state index in [2.05, 4.69) is 4.74 Å². The van der Waals surface area contributed by atoms with Gasteiger partial charge in [-0.15, -0.1) is 0 Å². The van der Waals surface area contributed by atoms with Crippen LogP contribution in [0.5, 0.6) is 0 Å². The molecule has 6 nitrogen and oxygen atoms in total. The number of carbonyl (C=O) groups is 1. The lowest BCUT2D eigenvalue weighted by atomic mass is 10.1. The minimum Gasteiger partial charge on any atom is -0.466 e. The number of sulfonamides is 1. The second kappa shape index (κ2) is 6.26. The summed E-state index contributed by atoms with van der Waals surface area (Å²) in [7, 11) is -2.41. The van der Waals surface area contributed by atoms with E-state index < -0.39 is 16.0 Å². The molecule has 0 spiro atoms. The Labute approximate surface area is 140 Å². The molecule has 0 radical (unpaired) electrons. The van der Waals surface area contributed by atoms with Gasteiger partial charge < -0.3 is 9.15 Å². The van der Waals surface area contributed by atoms with Gasteiger partial charge in [0.1, 0.15) is 5.76 Å². The summed E-state index contributed by atoms with van der Waals surface area (Å²) in [6.07, 6.45) is 2.75. The zero-order valence-corrected chi connectivity index (χ0v) is 14.2. The fourth-order valence-electron chi connectivity index (χ4n) is 2.59. The van der Waals surface area contributed by atoms with Crippen molar-refractivity contribution in [1.29, 1.82) is 0 Å². The van der Waals surface area contributed by atoms with Crippen LogP contribution in [0.2, 0.25) is 0 Å². The van der Waals surface area contributed by atoms with Gasteiger partial charge in [-0.2, -0.15) is 4.31 Å². The highest BCUT2D eigenvalue weighted by Gasteiger charge is 2.32. The van der Waals surface area contributed by atoms with E-state index >= 15 is 0 Å². The first kappa shape index (κ1) is 16.5. The quantitative estimate of drug-likeness (QED) is 0.629. The number of ether oxygens (including phenoxy) is 1. The van der Waals surface area contributed by atoms with Gasteiger partial charge in [0.15, 0.2) is 0 Å². The second-order valence-corrected chi connectivity index (χ2v) is 7.49. The molecule has 3 rings (SSSR count). The van der Waals surface area contributed by atoms with Crippen molar-refractivity contribution in [2.75, 3.05) is 13.7 Å². The number of rotatable bonds is 3. The minimum atomic E-state index is -3.68. The Balaban J connectivity index is 2.00. The first-order valence-corrected chi connectivity index (χ1v) is 8.78. The van der Waals surface area contributed by atoms with Crippen molar-refractivity contribution in [2.24, 2.45) is 0 Å². The zero-order chi connectivity index (χ0) is 17.3. The minimum absolute atomic E-state index is 0.0474. The van der Waals surface area contributed by atoms with E-state index in [1.165, 1.54) is 23.8 Å². The lowest BCUT2D eigenvalue weighted by molar-refractivity contribution is -0.134. The molecule has 0 saturated carbocycles. The fraction of sp³-hybridized carbons (Fsp3) is 0.235. The molecule has 1 aromatic carbocycles. The standard InChI is InChI=1S/C17H17NO5S/c1-12-3-5-15(6-4-12)24(20,21)18-10-13-7-8-23-17(13)14(11-18)9-16(19)22-2/h3-9H,10-11H2,1-2H3/b14-9+. The smallest absolute Gasteiger partial charge is 0.330 e. The van der Waals surface area contributed by atoms with E-state index in [0.717, 1.165) is 5.56 Å². The van der Waals surface area contributed by atoms with Crippen molar-refractivity contribution in [3.63, 3.8) is 0 Å². The van der Waals surface area contributed by atoms with Gasteiger partial charge in [-0.05, 0) is 25.1 Å². The van der Waals surface area contributed by atoms with Crippen LogP contribution in [0, 0.1) is 6.92 Å². The Kier molecular flexibility index (Phi) is 4.29. The lowest BCUT2D eigenvalue weighted by Gasteiger charge is -2.27. The van der Waals surface area contributed by atoms with Crippen molar-refractivity contribution in [3.8, 4) is 0 Å². The average Bonchev–Trinajstić information content (AvgIpc) is 3.04. The van der Waals surface area contributed by atoms with Crippen molar-refractivity contribution >= 4 is 21.6 Å². The van der Waals surface area contributed by atoms with Crippen molar-refractivity contribution < 1.29 is 22.4 Å². The molecule has 7 heteroatoms. The third-order valence-corrected chi connectivity index (χ3v) is 5.69. The third-order valence-electron chi connectivity index (χ3n) is 3.88. The van der Waals surface area contributed by atoms with Gasteiger partial charge in [-0.1, -0.05) is 17.7 Å². The first-order valence-electron chi connectivity index (χ1n) is 7.34. The molecule has 0 fully saturated rings. The molecule has 1 aromatic heterocycles. The van der Waals surface area contributed by atoms with Crippen LogP contribution in [0.25, 0.3) is 5.57 Å². The Bertz CT molecular complexity index is 893. The summed E-state index contributed by atoms with van der Waals surface area (Å²) in [6.45, 7) is 2.14. The molecule has 0 atom stereocenters. The summed E-state index contributed by atoms with van der Waals surface area (Å²) in [5, 5.41) is 0. The summed E-state index contributed by atoms with van der Waals surface area (Å²) < 4.78 is 37.1. The number of hydrogen-bond donors (Lipinski definition) is 0. The molecule has 0 bridgehead atoms. The molecule has 1 aliphatic heterocycles. The normalized spacial score (nSPS) is 16.8. The van der Waals surface area contributed by atoms with Gasteiger partial charge in [-0.25, -0.2) is 13.2 Å². The summed E-state index contributed by atoms with van der Waals surface area (Å²) >= 11 is 0. The highest BCUT2D eigenvalue weighted by Crippen LogP contribution is 2.32. The number of esters is 1. The van der Waals surface area contributed by atoms with E-state index in [-0.39, 0.29) is 18.0 Å². The maximum absolute atomic E-state index is 12.9. The molecule has 2 heterocycles. The van der Waals surface area contributed by atoms with Gasteiger partial charge in [0.25, 0.3) is 0 Å². The molecule has 1 aliphatic rings. The number of aryl methyl sites for hydroxylation is 1. The van der Waals surface area contributed by atoms with Crippen LogP contribution in [-0.2, 0) is 26.1 Å². The number of fused-ring (bicyclic) bond motifs is 1. The average molecular weight is 347 g/mol. The second-order valence-electron chi connectivity index (χ2n) is 5.55. The van der Waals surface area contributed by atoms with Crippen LogP contribution in [0.3, 0.4) is 0 Å². The monoisotopic (exact) mass is 347 g/mol. The van der Waals surface area contributed by atoms with Crippen LogP contribution in [0.1, 0.15) is 16.9 Å². The van der Waals surface area contributed by atoms with Crippen molar-refractivity contribution in [1.82, 2.24) is 4.31 Å². The SMILES string of the molecule is COC(=O)/C=C1\CN(S(=O)(=O)c2ccc(C)cc2)Cc2ccoc21. The molecule has 0 saturated heterocycles. The number of methoxy groups -OCH3 is 1. The van der Waals surface area contributed by atoms with Crippen LogP contribution in [-0.4, -0.2) is 32.3 Å². The molecule has 0 unspecified atom stereocenters. The maximum Gasteiger partial charge on any atom is 0.330 e. The summed E-state index contributed by atoms with van der Waals surface area (Å²) in [4.78, 5) is 11.8. The Morgan fingerprint density at radius 3 is 2.58 bits per heavy atom. The van der Waals surface area contributed by atoms with Gasteiger partial charge in [-0.3, -0.25) is 0 Å². The Hall–Kier alpha value is -2.38. The van der Waals surface area contributed by atoms with Crippen LogP contribution in [0.15, 0.2) is 52.0 Å². The van der Waals surface area contributed by atoms with Crippen LogP contribution < -0.4 is 0 Å². The molecule has 0 amide bonds. The van der Waals surface area contributed by atoms with E-state index in [1.807, 2.05) is 6.92 Å². The molecule has 24 heavy (non-hydrogen) atoms. The van der Waals surface area contributed by atoms with Crippen LogP contribution in [0.4, 0.5) is 0 Å². The number of benzene rings is 1. The molecular formula is C17H17NO5S. The predicted molar refractivity (Wildman–Crippen MR) is 87.5 cm³/mol. The predicted octanol–water partition coefficient (Wildman–Crippen LogP) is 2.35. The molecule has 2 aromatic rings. The topological polar surface area (TPSA) is 76.8 Å². The van der Waals surface area contributed by atoms with Gasteiger partial charge in [0, 0.05) is 30.3 Å². The Morgan fingerprint density at radius 2 is 1.92 bits per heavy atom. The van der Waals surface area contributed by atoms with Crippen molar-refractivity contribution in [3.05, 3.63) is 59.6 Å². The summed E-state index contributed by atoms with van der Waals surface area (Å²) in [6, 6.07) is 8.38. The highest BCUT2D eigenvalue weighted by molar-refractivity contribution is 7.89. The number of carbonyl (C=O) groups excluding carboxylic acids is 1. The summed E-state index contributed by atoms with van der Waals surface area (Å²) in [5.74, 6) is -0.0299. The van der Waals surface area contributed by atoms with E-state index in [0.29, 0.717) is 16.9 Å². The molecule has 0 aliphatic carbocycles. The van der Waals surface area contributed by atoms with Gasteiger partial charge >= 0.3 is 5.97 Å². The van der Waals surface area contributed by atoms with Crippen molar-refractivity contribution in [2.45, 2.75) is 18.4 Å². The molecule has 126 valence electrons.